The first-order valence-electron chi connectivity index (χ1n) is 10.1. The zero-order chi connectivity index (χ0) is 20.1. The van der Waals surface area contributed by atoms with Crippen LogP contribution in [0.25, 0.3) is 16.3 Å². The van der Waals surface area contributed by atoms with Crippen LogP contribution in [0.2, 0.25) is 0 Å². The van der Waals surface area contributed by atoms with Crippen LogP contribution in [0.4, 0.5) is 0 Å². The number of carbonyl (C=O) groups excluding carboxylic acids is 1. The summed E-state index contributed by atoms with van der Waals surface area (Å²) in [5, 5.41) is 10.9. The summed E-state index contributed by atoms with van der Waals surface area (Å²) < 4.78 is 0. The normalized spacial score (nSPS) is 20.5. The summed E-state index contributed by atoms with van der Waals surface area (Å²) in [4.78, 5) is 11.6. The molecule has 0 bridgehead atoms. The van der Waals surface area contributed by atoms with Gasteiger partial charge in [0.1, 0.15) is 0 Å². The minimum Gasteiger partial charge on any atom is -0.288 e. The van der Waals surface area contributed by atoms with E-state index >= 15 is 0 Å². The van der Waals surface area contributed by atoms with Crippen LogP contribution in [-0.2, 0) is 0 Å². The first-order chi connectivity index (χ1) is 13.2. The molecule has 3 heteroatoms. The molecule has 0 radical (unpaired) electrons. The lowest BCUT2D eigenvalue weighted by Crippen LogP contribution is -2.31. The number of hydrogen-bond donors (Lipinski definition) is 2. The van der Waals surface area contributed by atoms with Crippen molar-refractivity contribution >= 4 is 22.3 Å². The van der Waals surface area contributed by atoms with Gasteiger partial charge in [0.15, 0.2) is 0 Å². The summed E-state index contributed by atoms with van der Waals surface area (Å²) in [6, 6.07) is 12.0. The summed E-state index contributed by atoms with van der Waals surface area (Å²) in [7, 11) is 0. The molecule has 2 aliphatic carbocycles. The summed E-state index contributed by atoms with van der Waals surface area (Å²) in [6.45, 7) is 9.55. The molecule has 2 aromatic rings. The second-order valence-corrected chi connectivity index (χ2v) is 9.55. The van der Waals surface area contributed by atoms with Crippen molar-refractivity contribution in [3.63, 3.8) is 0 Å². The molecule has 4 rings (SSSR count). The molecule has 146 valence electrons. The molecular weight excluding hydrogens is 346 g/mol. The van der Waals surface area contributed by atoms with Crippen molar-refractivity contribution in [3.8, 4) is 0 Å². The molecule has 0 unspecified atom stereocenters. The second kappa shape index (κ2) is 6.59. The standard InChI is InChI=1S/C25H29NO2/c1-24(2)11-12-25(3,4)22-15-19(9-10-21(22)24)17-5-6-18-14-20(23(27)26-28)8-7-16(18)13-17/h5-8,13-15,28H,9-12H2,1-4H3,(H,26,27). The van der Waals surface area contributed by atoms with E-state index in [-0.39, 0.29) is 5.41 Å². The molecule has 2 N–H and O–H groups in total. The summed E-state index contributed by atoms with van der Waals surface area (Å²) >= 11 is 0. The van der Waals surface area contributed by atoms with Gasteiger partial charge in [-0.25, -0.2) is 5.48 Å². The average Bonchev–Trinajstić information content (AvgIpc) is 2.70. The Morgan fingerprint density at radius 2 is 1.61 bits per heavy atom. The predicted octanol–water partition coefficient (Wildman–Crippen LogP) is 6.28. The molecule has 0 spiro atoms. The van der Waals surface area contributed by atoms with Gasteiger partial charge < -0.3 is 0 Å². The minimum absolute atomic E-state index is 0.236. The van der Waals surface area contributed by atoms with Gasteiger partial charge in [-0.3, -0.25) is 10.0 Å². The van der Waals surface area contributed by atoms with Crippen molar-refractivity contribution < 1.29 is 10.0 Å². The lowest BCUT2D eigenvalue weighted by atomic mass is 9.60. The Bertz CT molecular complexity index is 1020. The van der Waals surface area contributed by atoms with Crippen molar-refractivity contribution in [1.29, 1.82) is 0 Å². The smallest absolute Gasteiger partial charge is 0.274 e. The fourth-order valence-electron chi connectivity index (χ4n) is 4.82. The van der Waals surface area contributed by atoms with Gasteiger partial charge in [0, 0.05) is 5.56 Å². The molecule has 0 aromatic heterocycles. The Morgan fingerprint density at radius 1 is 0.929 bits per heavy atom. The Kier molecular flexibility index (Phi) is 4.46. The average molecular weight is 376 g/mol. The number of carbonyl (C=O) groups is 1. The summed E-state index contributed by atoms with van der Waals surface area (Å²) in [5.41, 5.74) is 8.55. The number of nitrogens with one attached hydrogen (secondary N) is 1. The van der Waals surface area contributed by atoms with Crippen molar-refractivity contribution in [2.75, 3.05) is 0 Å². The van der Waals surface area contributed by atoms with E-state index in [0.717, 1.165) is 23.6 Å². The number of hydrogen-bond acceptors (Lipinski definition) is 2. The van der Waals surface area contributed by atoms with E-state index in [9.17, 15) is 4.79 Å². The van der Waals surface area contributed by atoms with E-state index in [0.29, 0.717) is 11.0 Å². The largest absolute Gasteiger partial charge is 0.288 e. The highest BCUT2D eigenvalue weighted by Crippen LogP contribution is 2.53. The molecule has 0 saturated heterocycles. The summed E-state index contributed by atoms with van der Waals surface area (Å²) in [5.74, 6) is -0.484. The number of rotatable bonds is 2. The topological polar surface area (TPSA) is 49.3 Å². The van der Waals surface area contributed by atoms with E-state index in [1.165, 1.54) is 24.0 Å². The molecule has 0 heterocycles. The number of hydroxylamine groups is 1. The van der Waals surface area contributed by atoms with Crippen LogP contribution in [0.3, 0.4) is 0 Å². The highest BCUT2D eigenvalue weighted by Gasteiger charge is 2.39. The van der Waals surface area contributed by atoms with Crippen LogP contribution >= 0.6 is 0 Å². The van der Waals surface area contributed by atoms with E-state index in [1.807, 2.05) is 12.1 Å². The predicted molar refractivity (Wildman–Crippen MR) is 114 cm³/mol. The van der Waals surface area contributed by atoms with E-state index in [4.69, 9.17) is 5.21 Å². The van der Waals surface area contributed by atoms with Crippen LogP contribution < -0.4 is 5.48 Å². The van der Waals surface area contributed by atoms with E-state index < -0.39 is 5.91 Å². The third kappa shape index (κ3) is 3.18. The second-order valence-electron chi connectivity index (χ2n) is 9.55. The van der Waals surface area contributed by atoms with Gasteiger partial charge in [-0.1, -0.05) is 57.5 Å². The molecule has 0 aliphatic heterocycles. The third-order valence-electron chi connectivity index (χ3n) is 6.78. The van der Waals surface area contributed by atoms with Gasteiger partial charge in [-0.2, -0.15) is 0 Å². The first-order valence-corrected chi connectivity index (χ1v) is 10.1. The Balaban J connectivity index is 1.75. The van der Waals surface area contributed by atoms with Gasteiger partial charge in [-0.15, -0.1) is 0 Å². The first kappa shape index (κ1) is 18.9. The number of fused-ring (bicyclic) bond motifs is 1. The van der Waals surface area contributed by atoms with Gasteiger partial charge in [0.05, 0.1) is 0 Å². The molecule has 1 amide bonds. The quantitative estimate of drug-likeness (QED) is 0.479. The van der Waals surface area contributed by atoms with Crippen LogP contribution in [0.5, 0.6) is 0 Å². The van der Waals surface area contributed by atoms with Gasteiger partial charge in [0.25, 0.3) is 5.91 Å². The molecule has 0 fully saturated rings. The van der Waals surface area contributed by atoms with Gasteiger partial charge in [0.2, 0.25) is 0 Å². The third-order valence-corrected chi connectivity index (χ3v) is 6.78. The maximum atomic E-state index is 11.6. The fraction of sp³-hybridized carbons (Fsp3) is 0.400. The zero-order valence-corrected chi connectivity index (χ0v) is 17.2. The SMILES string of the molecule is CC1(C)CCC(C)(C)C2=C1C=C(c1ccc3cc(C(=O)NO)ccc3c1)CC2. The van der Waals surface area contributed by atoms with Gasteiger partial charge >= 0.3 is 0 Å². The van der Waals surface area contributed by atoms with Crippen molar-refractivity contribution in [3.05, 3.63) is 64.7 Å². The molecular formula is C25H29NO2. The monoisotopic (exact) mass is 375 g/mol. The Morgan fingerprint density at radius 3 is 2.36 bits per heavy atom. The minimum atomic E-state index is -0.484. The van der Waals surface area contributed by atoms with Crippen LogP contribution in [-0.4, -0.2) is 11.1 Å². The van der Waals surface area contributed by atoms with Crippen LogP contribution in [0.15, 0.2) is 53.6 Å². The fourth-order valence-corrected chi connectivity index (χ4v) is 4.82. The maximum Gasteiger partial charge on any atom is 0.274 e. The van der Waals surface area contributed by atoms with Crippen molar-refractivity contribution in [2.45, 2.75) is 53.4 Å². The molecule has 2 aliphatic rings. The Hall–Kier alpha value is -2.39. The lowest BCUT2D eigenvalue weighted by molar-refractivity contribution is 0.0706. The molecule has 0 atom stereocenters. The molecule has 28 heavy (non-hydrogen) atoms. The molecule has 3 nitrogen and oxygen atoms in total. The number of allylic oxidation sites excluding steroid dienone is 4. The van der Waals surface area contributed by atoms with Crippen LogP contribution in [0, 0.1) is 10.8 Å². The Labute approximate surface area is 167 Å². The van der Waals surface area contributed by atoms with Crippen molar-refractivity contribution in [2.24, 2.45) is 10.8 Å². The summed E-state index contributed by atoms with van der Waals surface area (Å²) in [6.07, 6.45) is 7.17. The van der Waals surface area contributed by atoms with Crippen LogP contribution in [0.1, 0.15) is 69.3 Å². The van der Waals surface area contributed by atoms with Gasteiger partial charge in [-0.05, 0) is 82.2 Å². The maximum absolute atomic E-state index is 11.6. The number of benzene rings is 2. The highest BCUT2D eigenvalue weighted by molar-refractivity contribution is 5.98. The van der Waals surface area contributed by atoms with E-state index in [1.54, 1.807) is 22.7 Å². The lowest BCUT2D eigenvalue weighted by Gasteiger charge is -2.45. The number of amides is 1. The highest BCUT2D eigenvalue weighted by atomic mass is 16.5. The zero-order valence-electron chi connectivity index (χ0n) is 17.2. The van der Waals surface area contributed by atoms with E-state index in [2.05, 4.69) is 52.0 Å². The molecule has 0 saturated carbocycles. The molecule has 2 aromatic carbocycles. The van der Waals surface area contributed by atoms with Crippen molar-refractivity contribution in [1.82, 2.24) is 5.48 Å².